The second-order valence-electron chi connectivity index (χ2n) is 3.44. The lowest BCUT2D eigenvalue weighted by Gasteiger charge is -2.12. The summed E-state index contributed by atoms with van der Waals surface area (Å²) >= 11 is 5.67. The molecule has 0 saturated carbocycles. The number of halogens is 3. The third-order valence-corrected chi connectivity index (χ3v) is 2.68. The molecular formula is C10H10ClF2N. The fourth-order valence-corrected chi connectivity index (χ4v) is 1.99. The third kappa shape index (κ3) is 1.74. The largest absolute Gasteiger partial charge is 0.310 e. The molecule has 0 radical (unpaired) electrons. The first kappa shape index (κ1) is 9.87. The van der Waals surface area contributed by atoms with Crippen LogP contribution in [0.3, 0.4) is 0 Å². The van der Waals surface area contributed by atoms with Crippen molar-refractivity contribution < 1.29 is 8.78 Å². The van der Waals surface area contributed by atoms with E-state index < -0.39 is 11.6 Å². The molecule has 4 heteroatoms. The standard InChI is InChI=1S/C10H10ClF2N/c11-6-4-7(9-2-1-3-14-9)10(13)8(12)5-6/h4-5,9,14H,1-3H2. The monoisotopic (exact) mass is 217 g/mol. The molecular weight excluding hydrogens is 208 g/mol. The fraction of sp³-hybridized carbons (Fsp3) is 0.400. The molecule has 1 nitrogen and oxygen atoms in total. The summed E-state index contributed by atoms with van der Waals surface area (Å²) in [7, 11) is 0. The van der Waals surface area contributed by atoms with Gasteiger partial charge in [-0.1, -0.05) is 11.6 Å². The van der Waals surface area contributed by atoms with Crippen molar-refractivity contribution in [1.82, 2.24) is 5.32 Å². The molecule has 1 aliphatic rings. The average molecular weight is 218 g/mol. The SMILES string of the molecule is Fc1cc(Cl)cc(C2CCCN2)c1F. The van der Waals surface area contributed by atoms with Crippen LogP contribution in [0.1, 0.15) is 24.4 Å². The minimum atomic E-state index is -0.874. The highest BCUT2D eigenvalue weighted by molar-refractivity contribution is 6.30. The Morgan fingerprint density at radius 1 is 1.36 bits per heavy atom. The molecule has 0 bridgehead atoms. The maximum Gasteiger partial charge on any atom is 0.163 e. The first-order valence-corrected chi connectivity index (χ1v) is 4.94. The molecule has 1 atom stereocenters. The van der Waals surface area contributed by atoms with E-state index in [9.17, 15) is 8.78 Å². The van der Waals surface area contributed by atoms with Crippen molar-refractivity contribution in [2.75, 3.05) is 6.54 Å². The number of hydrogen-bond acceptors (Lipinski definition) is 1. The van der Waals surface area contributed by atoms with E-state index in [1.807, 2.05) is 0 Å². The van der Waals surface area contributed by atoms with Gasteiger partial charge in [0.1, 0.15) is 0 Å². The second kappa shape index (κ2) is 3.83. The Balaban J connectivity index is 2.40. The lowest BCUT2D eigenvalue weighted by Crippen LogP contribution is -2.15. The van der Waals surface area contributed by atoms with Crippen molar-refractivity contribution in [3.05, 3.63) is 34.4 Å². The molecule has 2 rings (SSSR count). The molecule has 0 spiro atoms. The summed E-state index contributed by atoms with van der Waals surface area (Å²) < 4.78 is 26.4. The number of rotatable bonds is 1. The summed E-state index contributed by atoms with van der Waals surface area (Å²) in [5, 5.41) is 3.35. The van der Waals surface area contributed by atoms with Crippen LogP contribution in [0.2, 0.25) is 5.02 Å². The molecule has 76 valence electrons. The minimum absolute atomic E-state index is 0.0943. The summed E-state index contributed by atoms with van der Waals surface area (Å²) in [5.74, 6) is -1.66. The van der Waals surface area contributed by atoms with Crippen LogP contribution in [0.15, 0.2) is 12.1 Å². The van der Waals surface area contributed by atoms with E-state index in [-0.39, 0.29) is 11.1 Å². The molecule has 1 aliphatic heterocycles. The zero-order chi connectivity index (χ0) is 10.1. The molecule has 1 heterocycles. The van der Waals surface area contributed by atoms with Gasteiger partial charge >= 0.3 is 0 Å². The summed E-state index contributed by atoms with van der Waals surface area (Å²) in [6.45, 7) is 0.845. The van der Waals surface area contributed by atoms with Crippen LogP contribution < -0.4 is 5.32 Å². The molecule has 1 N–H and O–H groups in total. The van der Waals surface area contributed by atoms with Crippen LogP contribution in [0, 0.1) is 11.6 Å². The van der Waals surface area contributed by atoms with E-state index in [4.69, 9.17) is 11.6 Å². The summed E-state index contributed by atoms with van der Waals surface area (Å²) in [6.07, 6.45) is 1.81. The van der Waals surface area contributed by atoms with Crippen LogP contribution in [0.4, 0.5) is 8.78 Å². The normalized spacial score (nSPS) is 21.5. The number of hydrogen-bond donors (Lipinski definition) is 1. The molecule has 1 fully saturated rings. The second-order valence-corrected chi connectivity index (χ2v) is 3.88. The molecule has 1 aromatic carbocycles. The van der Waals surface area contributed by atoms with Gasteiger partial charge in [0.05, 0.1) is 0 Å². The van der Waals surface area contributed by atoms with Crippen molar-refractivity contribution in [2.45, 2.75) is 18.9 Å². The van der Waals surface area contributed by atoms with E-state index in [1.54, 1.807) is 0 Å². The lowest BCUT2D eigenvalue weighted by molar-refractivity contribution is 0.481. The Hall–Kier alpha value is -0.670. The highest BCUT2D eigenvalue weighted by atomic mass is 35.5. The van der Waals surface area contributed by atoms with Crippen LogP contribution >= 0.6 is 11.6 Å². The predicted molar refractivity (Wildman–Crippen MR) is 51.3 cm³/mol. The van der Waals surface area contributed by atoms with Gasteiger partial charge in [-0.2, -0.15) is 0 Å². The summed E-state index contributed by atoms with van der Waals surface area (Å²) in [5.41, 5.74) is 0.340. The van der Waals surface area contributed by atoms with Crippen molar-refractivity contribution in [1.29, 1.82) is 0 Å². The zero-order valence-corrected chi connectivity index (χ0v) is 8.24. The van der Waals surface area contributed by atoms with Gasteiger partial charge in [0.25, 0.3) is 0 Å². The number of benzene rings is 1. The Kier molecular flexibility index (Phi) is 2.70. The number of nitrogens with one attached hydrogen (secondary N) is 1. The first-order valence-electron chi connectivity index (χ1n) is 4.56. The Morgan fingerprint density at radius 2 is 2.14 bits per heavy atom. The molecule has 0 aromatic heterocycles. The van der Waals surface area contributed by atoms with E-state index >= 15 is 0 Å². The van der Waals surface area contributed by atoms with Gasteiger partial charge in [0.2, 0.25) is 0 Å². The van der Waals surface area contributed by atoms with Gasteiger partial charge in [-0.3, -0.25) is 0 Å². The van der Waals surface area contributed by atoms with Crippen molar-refractivity contribution >= 4 is 11.6 Å². The molecule has 14 heavy (non-hydrogen) atoms. The Morgan fingerprint density at radius 3 is 2.79 bits per heavy atom. The van der Waals surface area contributed by atoms with Crippen molar-refractivity contribution in [3.63, 3.8) is 0 Å². The van der Waals surface area contributed by atoms with Crippen LogP contribution in [-0.4, -0.2) is 6.54 Å². The van der Waals surface area contributed by atoms with E-state index in [1.165, 1.54) is 6.07 Å². The Bertz CT molecular complexity index is 348. The summed E-state index contributed by atoms with van der Waals surface area (Å²) in [4.78, 5) is 0. The molecule has 1 aromatic rings. The smallest absolute Gasteiger partial charge is 0.163 e. The topological polar surface area (TPSA) is 12.0 Å². The van der Waals surface area contributed by atoms with E-state index in [2.05, 4.69) is 5.32 Å². The van der Waals surface area contributed by atoms with Crippen molar-refractivity contribution in [3.8, 4) is 0 Å². The summed E-state index contributed by atoms with van der Waals surface area (Å²) in [6, 6.07) is 2.39. The minimum Gasteiger partial charge on any atom is -0.310 e. The van der Waals surface area contributed by atoms with Gasteiger partial charge < -0.3 is 5.32 Å². The predicted octanol–water partition coefficient (Wildman–Crippen LogP) is 3.04. The molecule has 0 aliphatic carbocycles. The molecule has 1 unspecified atom stereocenters. The van der Waals surface area contributed by atoms with Gasteiger partial charge in [-0.05, 0) is 31.5 Å². The van der Waals surface area contributed by atoms with Crippen LogP contribution in [0.5, 0.6) is 0 Å². The first-order chi connectivity index (χ1) is 6.68. The maximum absolute atomic E-state index is 13.4. The van der Waals surface area contributed by atoms with Crippen LogP contribution in [0.25, 0.3) is 0 Å². The highest BCUT2D eigenvalue weighted by Crippen LogP contribution is 2.29. The fourth-order valence-electron chi connectivity index (χ4n) is 1.78. The van der Waals surface area contributed by atoms with Crippen molar-refractivity contribution in [2.24, 2.45) is 0 Å². The molecule has 0 amide bonds. The highest BCUT2D eigenvalue weighted by Gasteiger charge is 2.22. The average Bonchev–Trinajstić information content (AvgIpc) is 2.63. The van der Waals surface area contributed by atoms with Crippen LogP contribution in [-0.2, 0) is 0 Å². The Labute approximate surface area is 86.1 Å². The zero-order valence-electron chi connectivity index (χ0n) is 7.49. The lowest BCUT2D eigenvalue weighted by atomic mass is 10.0. The third-order valence-electron chi connectivity index (χ3n) is 2.46. The van der Waals surface area contributed by atoms with Gasteiger partial charge in [0, 0.05) is 16.6 Å². The maximum atomic E-state index is 13.4. The van der Waals surface area contributed by atoms with Gasteiger partial charge in [-0.25, -0.2) is 8.78 Å². The van der Waals surface area contributed by atoms with E-state index in [0.717, 1.165) is 25.5 Å². The molecule has 1 saturated heterocycles. The van der Waals surface area contributed by atoms with E-state index in [0.29, 0.717) is 5.56 Å². The quantitative estimate of drug-likeness (QED) is 0.713. The van der Waals surface area contributed by atoms with Gasteiger partial charge in [-0.15, -0.1) is 0 Å². The van der Waals surface area contributed by atoms with Gasteiger partial charge in [0.15, 0.2) is 11.6 Å².